The number of thiophene rings is 1. The number of benzene rings is 1. The van der Waals surface area contributed by atoms with Crippen molar-refractivity contribution in [3.05, 3.63) is 58.3 Å². The minimum Gasteiger partial charge on any atom is -0.271 e. The van der Waals surface area contributed by atoms with Gasteiger partial charge in [-0.25, -0.2) is 0 Å². The van der Waals surface area contributed by atoms with Gasteiger partial charge in [-0.15, -0.1) is 0 Å². The van der Waals surface area contributed by atoms with E-state index >= 15 is 0 Å². The molecule has 1 aromatic heterocycles. The third kappa shape index (κ3) is 3.69. The summed E-state index contributed by atoms with van der Waals surface area (Å²) in [5.41, 5.74) is 5.80. The Kier molecular flexibility index (Phi) is 5.77. The molecule has 3 unspecified atom stereocenters. The van der Waals surface area contributed by atoms with E-state index < -0.39 is 0 Å². The Labute approximate surface area is 126 Å². The third-order valence-electron chi connectivity index (χ3n) is 4.12. The van der Waals surface area contributed by atoms with E-state index in [0.29, 0.717) is 11.8 Å². The molecular weight excluding hydrogens is 264 g/mol. The summed E-state index contributed by atoms with van der Waals surface area (Å²) in [6.45, 7) is 4.56. The van der Waals surface area contributed by atoms with Gasteiger partial charge in [0.2, 0.25) is 0 Å². The van der Waals surface area contributed by atoms with E-state index in [1.165, 1.54) is 11.1 Å². The molecule has 0 fully saturated rings. The van der Waals surface area contributed by atoms with Crippen LogP contribution in [-0.2, 0) is 6.42 Å². The summed E-state index contributed by atoms with van der Waals surface area (Å²) in [4.78, 5) is 0. The maximum Gasteiger partial charge on any atom is 0.0322 e. The Bertz CT molecular complexity index is 481. The van der Waals surface area contributed by atoms with Gasteiger partial charge in [-0.3, -0.25) is 11.3 Å². The first-order valence-electron chi connectivity index (χ1n) is 7.28. The van der Waals surface area contributed by atoms with Crippen LogP contribution < -0.4 is 11.3 Å². The van der Waals surface area contributed by atoms with Gasteiger partial charge in [0, 0.05) is 12.0 Å². The van der Waals surface area contributed by atoms with Crippen LogP contribution in [0.15, 0.2) is 47.2 Å². The normalized spacial score (nSPS) is 15.8. The molecule has 0 spiro atoms. The molecule has 0 saturated carbocycles. The zero-order chi connectivity index (χ0) is 14.4. The fourth-order valence-electron chi connectivity index (χ4n) is 2.84. The minimum atomic E-state index is 0.266. The van der Waals surface area contributed by atoms with Gasteiger partial charge in [-0.1, -0.05) is 50.6 Å². The Hall–Kier alpha value is -1.16. The maximum atomic E-state index is 5.87. The molecule has 108 valence electrons. The molecular formula is C17H24N2S. The lowest BCUT2D eigenvalue weighted by molar-refractivity contribution is 0.335. The van der Waals surface area contributed by atoms with Crippen LogP contribution >= 0.6 is 11.3 Å². The predicted octanol–water partition coefficient (Wildman–Crippen LogP) is 3.95. The van der Waals surface area contributed by atoms with Crippen LogP contribution in [0.5, 0.6) is 0 Å². The summed E-state index contributed by atoms with van der Waals surface area (Å²) >= 11 is 1.75. The molecule has 2 rings (SSSR count). The number of nitrogens with two attached hydrogens (primary N) is 1. The number of hydrazine groups is 1. The quantitative estimate of drug-likeness (QED) is 0.598. The highest BCUT2D eigenvalue weighted by molar-refractivity contribution is 7.07. The largest absolute Gasteiger partial charge is 0.271 e. The Morgan fingerprint density at radius 3 is 2.50 bits per heavy atom. The van der Waals surface area contributed by atoms with Crippen molar-refractivity contribution in [1.29, 1.82) is 0 Å². The first-order chi connectivity index (χ1) is 9.76. The van der Waals surface area contributed by atoms with Crippen molar-refractivity contribution >= 4 is 11.3 Å². The molecule has 0 radical (unpaired) electrons. The zero-order valence-electron chi connectivity index (χ0n) is 12.3. The molecule has 0 saturated heterocycles. The fourth-order valence-corrected chi connectivity index (χ4v) is 3.52. The molecule has 2 nitrogen and oxygen atoms in total. The van der Waals surface area contributed by atoms with Gasteiger partial charge < -0.3 is 0 Å². The van der Waals surface area contributed by atoms with Crippen LogP contribution in [0.3, 0.4) is 0 Å². The highest BCUT2D eigenvalue weighted by Gasteiger charge is 2.27. The van der Waals surface area contributed by atoms with Crippen LogP contribution in [0.1, 0.15) is 37.3 Å². The van der Waals surface area contributed by atoms with E-state index in [1.54, 1.807) is 11.3 Å². The van der Waals surface area contributed by atoms with E-state index in [4.69, 9.17) is 5.84 Å². The number of hydrogen-bond acceptors (Lipinski definition) is 3. The van der Waals surface area contributed by atoms with Crippen molar-refractivity contribution in [2.45, 2.75) is 38.6 Å². The molecule has 0 amide bonds. The number of nitrogens with one attached hydrogen (secondary N) is 1. The predicted molar refractivity (Wildman–Crippen MR) is 87.8 cm³/mol. The molecule has 1 heterocycles. The lowest BCUT2D eigenvalue weighted by atomic mass is 9.78. The van der Waals surface area contributed by atoms with Crippen molar-refractivity contribution in [1.82, 2.24) is 5.43 Å². The van der Waals surface area contributed by atoms with Crippen LogP contribution in [0.2, 0.25) is 0 Å². The molecule has 0 bridgehead atoms. The third-order valence-corrected chi connectivity index (χ3v) is 4.86. The Morgan fingerprint density at radius 1 is 1.20 bits per heavy atom. The van der Waals surface area contributed by atoms with E-state index in [1.807, 2.05) is 0 Å². The molecule has 0 aliphatic carbocycles. The monoisotopic (exact) mass is 288 g/mol. The lowest BCUT2D eigenvalue weighted by Crippen LogP contribution is -2.43. The van der Waals surface area contributed by atoms with E-state index in [9.17, 15) is 0 Å². The molecule has 1 aromatic carbocycles. The lowest BCUT2D eigenvalue weighted by Gasteiger charge is -2.31. The fraction of sp³-hybridized carbons (Fsp3) is 0.412. The summed E-state index contributed by atoms with van der Waals surface area (Å²) in [5.74, 6) is 6.90. The Balaban J connectivity index is 2.24. The van der Waals surface area contributed by atoms with Gasteiger partial charge in [0.15, 0.2) is 0 Å². The summed E-state index contributed by atoms with van der Waals surface area (Å²) in [5, 5.41) is 4.34. The molecule has 3 N–H and O–H groups in total. The first-order valence-corrected chi connectivity index (χ1v) is 8.22. The van der Waals surface area contributed by atoms with Crippen molar-refractivity contribution in [2.24, 2.45) is 11.8 Å². The SMILES string of the molecule is CCC(C)C(c1ccccc1)C(Cc1ccsc1)NN. The van der Waals surface area contributed by atoms with Crippen LogP contribution in [0.25, 0.3) is 0 Å². The zero-order valence-corrected chi connectivity index (χ0v) is 13.1. The summed E-state index contributed by atoms with van der Waals surface area (Å²) in [7, 11) is 0. The van der Waals surface area contributed by atoms with Gasteiger partial charge in [0.25, 0.3) is 0 Å². The van der Waals surface area contributed by atoms with Crippen LogP contribution in [0.4, 0.5) is 0 Å². The van der Waals surface area contributed by atoms with Gasteiger partial charge >= 0.3 is 0 Å². The molecule has 3 heteroatoms. The van der Waals surface area contributed by atoms with Crippen LogP contribution in [0, 0.1) is 5.92 Å². The van der Waals surface area contributed by atoms with Gasteiger partial charge in [0.1, 0.15) is 0 Å². The number of rotatable bonds is 7. The number of hydrogen-bond donors (Lipinski definition) is 2. The van der Waals surface area contributed by atoms with Gasteiger partial charge in [-0.05, 0) is 40.3 Å². The Morgan fingerprint density at radius 2 is 1.95 bits per heavy atom. The van der Waals surface area contributed by atoms with Gasteiger partial charge in [0.05, 0.1) is 0 Å². The molecule has 0 aliphatic rings. The van der Waals surface area contributed by atoms with Gasteiger partial charge in [-0.2, -0.15) is 11.3 Å². The highest BCUT2D eigenvalue weighted by atomic mass is 32.1. The molecule has 2 aromatic rings. The molecule has 3 atom stereocenters. The topological polar surface area (TPSA) is 38.0 Å². The van der Waals surface area contributed by atoms with Crippen molar-refractivity contribution in [3.63, 3.8) is 0 Å². The van der Waals surface area contributed by atoms with Crippen molar-refractivity contribution in [3.8, 4) is 0 Å². The molecule has 0 aliphatic heterocycles. The second kappa shape index (κ2) is 7.58. The summed E-state index contributed by atoms with van der Waals surface area (Å²) in [6, 6.07) is 13.2. The second-order valence-corrected chi connectivity index (χ2v) is 6.21. The average molecular weight is 288 g/mol. The standard InChI is InChI=1S/C17H24N2S/c1-3-13(2)17(15-7-5-4-6-8-15)16(19-18)11-14-9-10-20-12-14/h4-10,12-13,16-17,19H,3,11,18H2,1-2H3. The van der Waals surface area contributed by atoms with Crippen LogP contribution in [-0.4, -0.2) is 6.04 Å². The highest BCUT2D eigenvalue weighted by Crippen LogP contribution is 2.31. The van der Waals surface area contributed by atoms with E-state index in [-0.39, 0.29) is 6.04 Å². The average Bonchev–Trinajstić information content (AvgIpc) is 3.00. The first kappa shape index (κ1) is 15.2. The van der Waals surface area contributed by atoms with Crippen molar-refractivity contribution < 1.29 is 0 Å². The molecule has 20 heavy (non-hydrogen) atoms. The van der Waals surface area contributed by atoms with E-state index in [0.717, 1.165) is 12.8 Å². The summed E-state index contributed by atoms with van der Waals surface area (Å²) in [6.07, 6.45) is 2.13. The summed E-state index contributed by atoms with van der Waals surface area (Å²) < 4.78 is 0. The van der Waals surface area contributed by atoms with E-state index in [2.05, 4.69) is 66.4 Å². The maximum absolute atomic E-state index is 5.87. The minimum absolute atomic E-state index is 0.266. The second-order valence-electron chi connectivity index (χ2n) is 5.43. The van der Waals surface area contributed by atoms with Crippen molar-refractivity contribution in [2.75, 3.05) is 0 Å². The smallest absolute Gasteiger partial charge is 0.0322 e.